The molecule has 0 saturated carbocycles. The Hall–Kier alpha value is -2.83. The lowest BCUT2D eigenvalue weighted by atomic mass is 10.1. The lowest BCUT2D eigenvalue weighted by molar-refractivity contribution is -0.116. The van der Waals surface area contributed by atoms with Gasteiger partial charge in [0.15, 0.2) is 0 Å². The van der Waals surface area contributed by atoms with E-state index in [1.54, 1.807) is 0 Å². The molecule has 4 nitrogen and oxygen atoms in total. The number of rotatable bonds is 8. The van der Waals surface area contributed by atoms with Crippen LogP contribution in [0.5, 0.6) is 0 Å². The van der Waals surface area contributed by atoms with Gasteiger partial charge in [0.25, 0.3) is 0 Å². The molecule has 0 saturated heterocycles. The summed E-state index contributed by atoms with van der Waals surface area (Å²) in [6, 6.07) is 20.8. The van der Waals surface area contributed by atoms with E-state index in [-0.39, 0.29) is 16.8 Å². The molecule has 3 aromatic carbocycles. The largest absolute Gasteiger partial charge is 0.326 e. The maximum atomic E-state index is 13.4. The third-order valence-electron chi connectivity index (χ3n) is 4.40. The summed E-state index contributed by atoms with van der Waals surface area (Å²) in [5.41, 5.74) is 1.97. The standard InChI is InChI=1S/C24H22ClFN2O2S/c1-2-6-22(29)27-17-9-12-19(13-10-17)31-23(16-7-4-3-5-8-16)24(30)28-18-11-14-21(26)20(25)15-18/h3-5,7-15,23H,2,6H2,1H3,(H,27,29)(H,28,30). The van der Waals surface area contributed by atoms with Gasteiger partial charge >= 0.3 is 0 Å². The monoisotopic (exact) mass is 456 g/mol. The molecule has 3 rings (SSSR count). The summed E-state index contributed by atoms with van der Waals surface area (Å²) < 4.78 is 13.4. The number of nitrogens with one attached hydrogen (secondary N) is 2. The van der Waals surface area contributed by atoms with Gasteiger partial charge < -0.3 is 10.6 Å². The normalized spacial score (nSPS) is 11.6. The summed E-state index contributed by atoms with van der Waals surface area (Å²) in [6.45, 7) is 1.95. The van der Waals surface area contributed by atoms with Crippen LogP contribution < -0.4 is 10.6 Å². The molecule has 2 N–H and O–H groups in total. The minimum absolute atomic E-state index is 0.0256. The zero-order valence-electron chi connectivity index (χ0n) is 16.9. The van der Waals surface area contributed by atoms with E-state index in [9.17, 15) is 14.0 Å². The molecule has 0 aliphatic rings. The average Bonchev–Trinajstić information content (AvgIpc) is 2.76. The second-order valence-corrected chi connectivity index (χ2v) is 8.43. The summed E-state index contributed by atoms with van der Waals surface area (Å²) in [4.78, 5) is 25.7. The number of amides is 2. The van der Waals surface area contributed by atoms with Gasteiger partial charge in [-0.25, -0.2) is 4.39 Å². The van der Waals surface area contributed by atoms with Crippen molar-refractivity contribution in [3.8, 4) is 0 Å². The molecule has 3 aromatic rings. The number of carbonyl (C=O) groups is 2. The Balaban J connectivity index is 1.77. The van der Waals surface area contributed by atoms with E-state index in [4.69, 9.17) is 11.6 Å². The van der Waals surface area contributed by atoms with Crippen molar-refractivity contribution < 1.29 is 14.0 Å². The zero-order chi connectivity index (χ0) is 22.2. The average molecular weight is 457 g/mol. The summed E-state index contributed by atoms with van der Waals surface area (Å²) in [6.07, 6.45) is 1.26. The van der Waals surface area contributed by atoms with E-state index in [0.717, 1.165) is 16.9 Å². The highest BCUT2D eigenvalue weighted by Crippen LogP contribution is 2.37. The Bertz CT molecular complexity index is 1050. The molecule has 31 heavy (non-hydrogen) atoms. The molecule has 0 aliphatic carbocycles. The molecule has 0 bridgehead atoms. The van der Waals surface area contributed by atoms with Gasteiger partial charge in [0, 0.05) is 22.7 Å². The predicted octanol–water partition coefficient (Wildman–Crippen LogP) is 6.69. The summed E-state index contributed by atoms with van der Waals surface area (Å²) in [5, 5.41) is 5.07. The van der Waals surface area contributed by atoms with Crippen molar-refractivity contribution in [3.05, 3.63) is 89.2 Å². The summed E-state index contributed by atoms with van der Waals surface area (Å²) >= 11 is 7.22. The molecule has 160 valence electrons. The van der Waals surface area contributed by atoms with Crippen molar-refractivity contribution in [2.75, 3.05) is 10.6 Å². The molecule has 0 aliphatic heterocycles. The van der Waals surface area contributed by atoms with Gasteiger partial charge in [-0.05, 0) is 54.4 Å². The molecular weight excluding hydrogens is 435 g/mol. The first-order valence-corrected chi connectivity index (χ1v) is 11.1. The van der Waals surface area contributed by atoms with Crippen LogP contribution >= 0.6 is 23.4 Å². The van der Waals surface area contributed by atoms with Crippen molar-refractivity contribution in [2.24, 2.45) is 0 Å². The van der Waals surface area contributed by atoms with Crippen molar-refractivity contribution in [2.45, 2.75) is 29.9 Å². The SMILES string of the molecule is CCCC(=O)Nc1ccc(SC(C(=O)Nc2ccc(F)c(Cl)c2)c2ccccc2)cc1. The number of benzene rings is 3. The molecular formula is C24H22ClFN2O2S. The number of hydrogen-bond acceptors (Lipinski definition) is 3. The molecule has 0 aromatic heterocycles. The molecule has 0 heterocycles. The fraction of sp³-hybridized carbons (Fsp3) is 0.167. The molecule has 2 amide bonds. The van der Waals surface area contributed by atoms with Crippen molar-refractivity contribution >= 4 is 46.6 Å². The van der Waals surface area contributed by atoms with Crippen molar-refractivity contribution in [1.82, 2.24) is 0 Å². The van der Waals surface area contributed by atoms with Gasteiger partial charge in [-0.15, -0.1) is 11.8 Å². The van der Waals surface area contributed by atoms with E-state index in [1.807, 2.05) is 61.5 Å². The van der Waals surface area contributed by atoms with Crippen LogP contribution in [0.1, 0.15) is 30.6 Å². The molecule has 0 fully saturated rings. The first-order valence-electron chi connectivity index (χ1n) is 9.83. The van der Waals surface area contributed by atoms with Crippen LogP contribution in [0, 0.1) is 5.82 Å². The van der Waals surface area contributed by atoms with E-state index in [1.165, 1.54) is 30.0 Å². The molecule has 7 heteroatoms. The van der Waals surface area contributed by atoms with Crippen LogP contribution in [0.2, 0.25) is 5.02 Å². The molecule has 0 radical (unpaired) electrons. The van der Waals surface area contributed by atoms with Crippen LogP contribution in [-0.4, -0.2) is 11.8 Å². The van der Waals surface area contributed by atoms with E-state index < -0.39 is 11.1 Å². The topological polar surface area (TPSA) is 58.2 Å². The molecule has 1 atom stereocenters. The highest BCUT2D eigenvalue weighted by Gasteiger charge is 2.22. The van der Waals surface area contributed by atoms with E-state index >= 15 is 0 Å². The maximum Gasteiger partial charge on any atom is 0.242 e. The Kier molecular flexibility index (Phi) is 8.09. The minimum Gasteiger partial charge on any atom is -0.326 e. The van der Waals surface area contributed by atoms with Crippen LogP contribution in [-0.2, 0) is 9.59 Å². The van der Waals surface area contributed by atoms with Crippen LogP contribution in [0.25, 0.3) is 0 Å². The minimum atomic E-state index is -0.542. The molecule has 1 unspecified atom stereocenters. The van der Waals surface area contributed by atoms with E-state index in [0.29, 0.717) is 17.8 Å². The Morgan fingerprint density at radius 1 is 0.968 bits per heavy atom. The Morgan fingerprint density at radius 2 is 1.65 bits per heavy atom. The highest BCUT2D eigenvalue weighted by molar-refractivity contribution is 8.00. The second-order valence-electron chi connectivity index (χ2n) is 6.85. The molecule has 0 spiro atoms. The third-order valence-corrected chi connectivity index (χ3v) is 5.95. The number of anilines is 2. The number of thioether (sulfide) groups is 1. The van der Waals surface area contributed by atoms with Gasteiger partial charge in [0.2, 0.25) is 11.8 Å². The smallest absolute Gasteiger partial charge is 0.242 e. The Labute approximate surface area is 190 Å². The predicted molar refractivity (Wildman–Crippen MR) is 125 cm³/mol. The van der Waals surface area contributed by atoms with Gasteiger partial charge in [0.05, 0.1) is 5.02 Å². The third kappa shape index (κ3) is 6.57. The zero-order valence-corrected chi connectivity index (χ0v) is 18.5. The van der Waals surface area contributed by atoms with Crippen molar-refractivity contribution in [3.63, 3.8) is 0 Å². The Morgan fingerprint density at radius 3 is 2.29 bits per heavy atom. The number of halogens is 2. The maximum absolute atomic E-state index is 13.4. The first-order chi connectivity index (χ1) is 15.0. The summed E-state index contributed by atoms with van der Waals surface area (Å²) in [7, 11) is 0. The van der Waals surface area contributed by atoms with Gasteiger partial charge in [-0.1, -0.05) is 48.9 Å². The summed E-state index contributed by atoms with van der Waals surface area (Å²) in [5.74, 6) is -0.818. The van der Waals surface area contributed by atoms with Crippen LogP contribution in [0.4, 0.5) is 15.8 Å². The van der Waals surface area contributed by atoms with Gasteiger partial charge in [-0.2, -0.15) is 0 Å². The van der Waals surface area contributed by atoms with Crippen LogP contribution in [0.3, 0.4) is 0 Å². The van der Waals surface area contributed by atoms with Crippen molar-refractivity contribution in [1.29, 1.82) is 0 Å². The number of hydrogen-bond donors (Lipinski definition) is 2. The fourth-order valence-corrected chi connectivity index (χ4v) is 4.09. The quantitative estimate of drug-likeness (QED) is 0.371. The number of carbonyl (C=O) groups excluding carboxylic acids is 2. The lowest BCUT2D eigenvalue weighted by Gasteiger charge is -2.17. The lowest BCUT2D eigenvalue weighted by Crippen LogP contribution is -2.19. The van der Waals surface area contributed by atoms with Gasteiger partial charge in [0.1, 0.15) is 11.1 Å². The highest BCUT2D eigenvalue weighted by atomic mass is 35.5. The van der Waals surface area contributed by atoms with E-state index in [2.05, 4.69) is 10.6 Å². The second kappa shape index (κ2) is 11.0. The van der Waals surface area contributed by atoms with Crippen LogP contribution in [0.15, 0.2) is 77.7 Å². The van der Waals surface area contributed by atoms with Gasteiger partial charge in [-0.3, -0.25) is 9.59 Å². The first kappa shape index (κ1) is 22.8. The fourth-order valence-electron chi connectivity index (χ4n) is 2.89.